The molecule has 5 heteroatoms. The summed E-state index contributed by atoms with van der Waals surface area (Å²) in [5, 5.41) is 0. The van der Waals surface area contributed by atoms with Gasteiger partial charge in [0, 0.05) is 31.7 Å². The molecule has 0 radical (unpaired) electrons. The molecule has 2 N–H and O–H groups in total. The van der Waals surface area contributed by atoms with Crippen LogP contribution in [0.1, 0.15) is 24.2 Å². The Kier molecular flexibility index (Phi) is 4.49. The largest absolute Gasteiger partial charge is 0.489 e. The van der Waals surface area contributed by atoms with Gasteiger partial charge in [0.25, 0.3) is 0 Å². The minimum absolute atomic E-state index is 0.0978. The lowest BCUT2D eigenvalue weighted by Crippen LogP contribution is -2.44. The normalized spacial score (nSPS) is 16.5. The molecule has 0 spiro atoms. The topological polar surface area (TPSA) is 58.8 Å². The van der Waals surface area contributed by atoms with Crippen LogP contribution in [0.4, 0.5) is 5.69 Å². The molecule has 20 heavy (non-hydrogen) atoms. The van der Waals surface area contributed by atoms with Gasteiger partial charge in [0.2, 0.25) is 5.91 Å². The highest BCUT2D eigenvalue weighted by atomic mass is 16.5. The number of primary amides is 1. The summed E-state index contributed by atoms with van der Waals surface area (Å²) in [6.45, 7) is 7.84. The van der Waals surface area contributed by atoms with Crippen molar-refractivity contribution in [3.63, 3.8) is 0 Å². The van der Waals surface area contributed by atoms with Crippen LogP contribution < -0.4 is 15.4 Å². The SMILES string of the molecule is CC(C)Oc1ccc(C(N)=O)cc1N1CCN(C)CC1. The summed E-state index contributed by atoms with van der Waals surface area (Å²) in [6, 6.07) is 5.40. The molecule has 1 aliphatic rings. The van der Waals surface area contributed by atoms with Gasteiger partial charge in [-0.15, -0.1) is 0 Å². The van der Waals surface area contributed by atoms with Gasteiger partial charge in [-0.05, 0) is 39.1 Å². The van der Waals surface area contributed by atoms with E-state index in [-0.39, 0.29) is 6.10 Å². The maximum Gasteiger partial charge on any atom is 0.248 e. The fourth-order valence-corrected chi connectivity index (χ4v) is 2.32. The molecular weight excluding hydrogens is 254 g/mol. The van der Waals surface area contributed by atoms with Gasteiger partial charge in [0.05, 0.1) is 11.8 Å². The van der Waals surface area contributed by atoms with Crippen LogP contribution in [0.25, 0.3) is 0 Å². The smallest absolute Gasteiger partial charge is 0.248 e. The first kappa shape index (κ1) is 14.7. The second-order valence-electron chi connectivity index (χ2n) is 5.50. The summed E-state index contributed by atoms with van der Waals surface area (Å²) in [7, 11) is 2.11. The number of benzene rings is 1. The van der Waals surface area contributed by atoms with Crippen molar-refractivity contribution in [1.82, 2.24) is 4.90 Å². The van der Waals surface area contributed by atoms with E-state index >= 15 is 0 Å². The number of anilines is 1. The van der Waals surface area contributed by atoms with Crippen LogP contribution in [0.15, 0.2) is 18.2 Å². The lowest BCUT2D eigenvalue weighted by atomic mass is 10.1. The monoisotopic (exact) mass is 277 g/mol. The van der Waals surface area contributed by atoms with E-state index in [4.69, 9.17) is 10.5 Å². The molecule has 1 aromatic carbocycles. The average molecular weight is 277 g/mol. The summed E-state index contributed by atoms with van der Waals surface area (Å²) in [6.07, 6.45) is 0.0978. The third-order valence-corrected chi connectivity index (χ3v) is 3.45. The van der Waals surface area contributed by atoms with Crippen LogP contribution in [0.3, 0.4) is 0 Å². The molecule has 0 aliphatic carbocycles. The van der Waals surface area contributed by atoms with Crippen LogP contribution >= 0.6 is 0 Å². The number of nitrogens with zero attached hydrogens (tertiary/aromatic N) is 2. The lowest BCUT2D eigenvalue weighted by molar-refractivity contribution is 0.100. The van der Waals surface area contributed by atoms with Crippen molar-refractivity contribution in [2.75, 3.05) is 38.1 Å². The van der Waals surface area contributed by atoms with E-state index < -0.39 is 5.91 Å². The van der Waals surface area contributed by atoms with Gasteiger partial charge in [-0.2, -0.15) is 0 Å². The highest BCUT2D eigenvalue weighted by molar-refractivity contribution is 5.94. The number of hydrogen-bond acceptors (Lipinski definition) is 4. The predicted molar refractivity (Wildman–Crippen MR) is 80.4 cm³/mol. The number of hydrogen-bond donors (Lipinski definition) is 1. The fraction of sp³-hybridized carbons (Fsp3) is 0.533. The first-order valence-corrected chi connectivity index (χ1v) is 7.01. The summed E-state index contributed by atoms with van der Waals surface area (Å²) in [4.78, 5) is 15.9. The Labute approximate surface area is 120 Å². The van der Waals surface area contributed by atoms with Crippen molar-refractivity contribution in [2.45, 2.75) is 20.0 Å². The maximum atomic E-state index is 11.4. The highest BCUT2D eigenvalue weighted by Gasteiger charge is 2.19. The molecule has 5 nitrogen and oxygen atoms in total. The third-order valence-electron chi connectivity index (χ3n) is 3.45. The second kappa shape index (κ2) is 6.13. The standard InChI is InChI=1S/C15H23N3O2/c1-11(2)20-14-5-4-12(15(16)19)10-13(14)18-8-6-17(3)7-9-18/h4-5,10-11H,6-9H2,1-3H3,(H2,16,19). The van der Waals surface area contributed by atoms with Crippen molar-refractivity contribution >= 4 is 11.6 Å². The Bertz CT molecular complexity index is 480. The molecule has 1 aliphatic heterocycles. The van der Waals surface area contributed by atoms with Crippen molar-refractivity contribution in [2.24, 2.45) is 5.73 Å². The van der Waals surface area contributed by atoms with E-state index in [2.05, 4.69) is 16.8 Å². The summed E-state index contributed by atoms with van der Waals surface area (Å²) < 4.78 is 5.85. The number of ether oxygens (including phenoxy) is 1. The summed E-state index contributed by atoms with van der Waals surface area (Å²) in [5.41, 5.74) is 6.86. The Morgan fingerprint density at radius 2 is 1.90 bits per heavy atom. The number of nitrogens with two attached hydrogens (primary N) is 1. The Morgan fingerprint density at radius 3 is 2.45 bits per heavy atom. The van der Waals surface area contributed by atoms with E-state index in [0.717, 1.165) is 37.6 Å². The van der Waals surface area contributed by atoms with Crippen molar-refractivity contribution in [3.8, 4) is 5.75 Å². The molecule has 0 bridgehead atoms. The molecule has 1 heterocycles. The molecule has 1 aromatic rings. The van der Waals surface area contributed by atoms with Gasteiger partial charge in [-0.25, -0.2) is 0 Å². The van der Waals surface area contributed by atoms with Crippen molar-refractivity contribution in [3.05, 3.63) is 23.8 Å². The zero-order valence-electron chi connectivity index (χ0n) is 12.4. The van der Waals surface area contributed by atoms with Gasteiger partial charge in [-0.1, -0.05) is 0 Å². The number of likely N-dealkylation sites (N-methyl/N-ethyl adjacent to an activating group) is 1. The van der Waals surface area contributed by atoms with Gasteiger partial charge >= 0.3 is 0 Å². The highest BCUT2D eigenvalue weighted by Crippen LogP contribution is 2.31. The Balaban J connectivity index is 2.30. The first-order chi connectivity index (χ1) is 9.47. The van der Waals surface area contributed by atoms with Crippen LogP contribution in [-0.2, 0) is 0 Å². The van der Waals surface area contributed by atoms with Gasteiger partial charge in [0.1, 0.15) is 5.75 Å². The van der Waals surface area contributed by atoms with E-state index in [9.17, 15) is 4.79 Å². The van der Waals surface area contributed by atoms with Gasteiger partial charge < -0.3 is 20.3 Å². The van der Waals surface area contributed by atoms with E-state index in [1.807, 2.05) is 26.0 Å². The molecule has 0 saturated carbocycles. The molecule has 0 aromatic heterocycles. The number of amides is 1. The molecule has 1 saturated heterocycles. The number of piperazine rings is 1. The van der Waals surface area contributed by atoms with Gasteiger partial charge in [-0.3, -0.25) is 4.79 Å². The van der Waals surface area contributed by atoms with Crippen LogP contribution in [-0.4, -0.2) is 50.1 Å². The minimum Gasteiger partial charge on any atom is -0.489 e. The van der Waals surface area contributed by atoms with Crippen LogP contribution in [0, 0.1) is 0 Å². The molecule has 2 rings (SSSR count). The third kappa shape index (κ3) is 3.42. The Morgan fingerprint density at radius 1 is 1.25 bits per heavy atom. The first-order valence-electron chi connectivity index (χ1n) is 7.01. The molecule has 0 unspecified atom stereocenters. The number of carbonyl (C=O) groups is 1. The zero-order chi connectivity index (χ0) is 14.7. The van der Waals surface area contributed by atoms with Crippen molar-refractivity contribution in [1.29, 1.82) is 0 Å². The minimum atomic E-state index is -0.406. The fourth-order valence-electron chi connectivity index (χ4n) is 2.32. The van der Waals surface area contributed by atoms with Gasteiger partial charge in [0.15, 0.2) is 0 Å². The van der Waals surface area contributed by atoms with Crippen LogP contribution in [0.5, 0.6) is 5.75 Å². The molecule has 0 atom stereocenters. The molecule has 1 amide bonds. The number of rotatable bonds is 4. The van der Waals surface area contributed by atoms with Crippen molar-refractivity contribution < 1.29 is 9.53 Å². The van der Waals surface area contributed by atoms with Crippen LogP contribution in [0.2, 0.25) is 0 Å². The van der Waals surface area contributed by atoms with E-state index in [0.29, 0.717) is 5.56 Å². The molecule has 1 fully saturated rings. The average Bonchev–Trinajstić information content (AvgIpc) is 2.39. The number of carbonyl (C=O) groups excluding carboxylic acids is 1. The zero-order valence-corrected chi connectivity index (χ0v) is 12.4. The Hall–Kier alpha value is -1.75. The van der Waals surface area contributed by atoms with E-state index in [1.165, 1.54) is 0 Å². The van der Waals surface area contributed by atoms with E-state index in [1.54, 1.807) is 6.07 Å². The quantitative estimate of drug-likeness (QED) is 0.902. The maximum absolute atomic E-state index is 11.4. The molecule has 110 valence electrons. The second-order valence-corrected chi connectivity index (χ2v) is 5.50. The summed E-state index contributed by atoms with van der Waals surface area (Å²) >= 11 is 0. The predicted octanol–water partition coefficient (Wildman–Crippen LogP) is 1.32. The summed E-state index contributed by atoms with van der Waals surface area (Å²) in [5.74, 6) is 0.408. The lowest BCUT2D eigenvalue weighted by Gasteiger charge is -2.35. The molecular formula is C15H23N3O2.